The molecule has 206 valence electrons. The molecular formula is C31H29BrClFN4OS. The summed E-state index contributed by atoms with van der Waals surface area (Å²) in [6, 6.07) is 19.9. The largest absolute Gasteiger partial charge is 0.459 e. The van der Waals surface area contributed by atoms with E-state index >= 15 is 0 Å². The highest BCUT2D eigenvalue weighted by molar-refractivity contribution is 9.10. The van der Waals surface area contributed by atoms with E-state index in [9.17, 15) is 4.39 Å². The van der Waals surface area contributed by atoms with Gasteiger partial charge in [-0.2, -0.15) is 0 Å². The molecule has 0 saturated carbocycles. The minimum atomic E-state index is -0.369. The molecule has 2 aliphatic heterocycles. The minimum absolute atomic E-state index is 0.287. The van der Waals surface area contributed by atoms with Gasteiger partial charge in [-0.1, -0.05) is 47.4 Å². The Bertz CT molecular complexity index is 1540. The van der Waals surface area contributed by atoms with E-state index in [4.69, 9.17) is 28.2 Å². The Balaban J connectivity index is 1.39. The highest BCUT2D eigenvalue weighted by Crippen LogP contribution is 2.45. The predicted molar refractivity (Wildman–Crippen MR) is 166 cm³/mol. The van der Waals surface area contributed by atoms with Crippen LogP contribution in [-0.4, -0.2) is 23.2 Å². The van der Waals surface area contributed by atoms with Crippen molar-refractivity contribution in [1.29, 1.82) is 0 Å². The molecule has 5 nitrogen and oxygen atoms in total. The van der Waals surface area contributed by atoms with Crippen LogP contribution >= 0.6 is 39.7 Å². The van der Waals surface area contributed by atoms with Crippen LogP contribution in [0, 0.1) is 17.7 Å². The van der Waals surface area contributed by atoms with Crippen LogP contribution in [0.4, 0.5) is 15.8 Å². The number of benzene rings is 2. The molecule has 2 aromatic carbocycles. The van der Waals surface area contributed by atoms with Crippen LogP contribution in [-0.2, 0) is 0 Å². The molecule has 0 spiro atoms. The first-order chi connectivity index (χ1) is 19.3. The van der Waals surface area contributed by atoms with Gasteiger partial charge in [0.2, 0.25) is 0 Å². The zero-order valence-electron chi connectivity index (χ0n) is 22.2. The molecule has 4 atom stereocenters. The van der Waals surface area contributed by atoms with Crippen molar-refractivity contribution in [3.8, 4) is 11.3 Å². The van der Waals surface area contributed by atoms with Crippen LogP contribution in [0.25, 0.3) is 11.3 Å². The number of hydrogen-bond acceptors (Lipinski definition) is 4. The standard InChI is InChI=1S/C31H29BrClFN4OS/c1-18-13-19(2)17-37(16-18)26-9-7-21(15-23(26)33)38-30(29(36-31(38)40)25-5-3-4-12-35-25)28-11-10-27(39-28)22-8-6-20(32)14-24(22)34/h3-12,14-15,18-19,29-30H,13,16-17H2,1-2H3,(H,36,40)/t18-,19+,29-,30+/m1/s1. The molecule has 0 unspecified atom stereocenters. The van der Waals surface area contributed by atoms with Crippen molar-refractivity contribution in [3.63, 3.8) is 0 Å². The van der Waals surface area contributed by atoms with Gasteiger partial charge in [-0.05, 0) is 91.1 Å². The summed E-state index contributed by atoms with van der Waals surface area (Å²) in [5, 5.41) is 4.66. The van der Waals surface area contributed by atoms with Gasteiger partial charge in [-0.3, -0.25) is 4.98 Å². The number of thiocarbonyl (C=S) groups is 1. The fraction of sp³-hybridized carbons (Fsp3) is 0.290. The molecule has 0 aliphatic carbocycles. The molecule has 9 heteroatoms. The third kappa shape index (κ3) is 5.24. The maximum Gasteiger partial charge on any atom is 0.174 e. The zero-order valence-corrected chi connectivity index (χ0v) is 25.3. The molecule has 40 heavy (non-hydrogen) atoms. The van der Waals surface area contributed by atoms with Gasteiger partial charge in [-0.15, -0.1) is 0 Å². The molecule has 2 aromatic heterocycles. The first kappa shape index (κ1) is 27.2. The van der Waals surface area contributed by atoms with Gasteiger partial charge in [-0.25, -0.2) is 4.39 Å². The lowest BCUT2D eigenvalue weighted by atomic mass is 9.91. The van der Waals surface area contributed by atoms with Crippen molar-refractivity contribution in [2.45, 2.75) is 32.4 Å². The van der Waals surface area contributed by atoms with Crippen LogP contribution in [0.2, 0.25) is 5.02 Å². The van der Waals surface area contributed by atoms with Crippen LogP contribution in [0.15, 0.2) is 81.8 Å². The second kappa shape index (κ2) is 11.1. The van der Waals surface area contributed by atoms with Gasteiger partial charge in [0, 0.05) is 29.4 Å². The maximum absolute atomic E-state index is 14.8. The highest BCUT2D eigenvalue weighted by Gasteiger charge is 2.43. The molecular weight excluding hydrogens is 611 g/mol. The number of piperidine rings is 1. The number of rotatable bonds is 5. The normalized spacial score (nSPS) is 23.0. The van der Waals surface area contributed by atoms with Gasteiger partial charge in [0.15, 0.2) is 5.11 Å². The summed E-state index contributed by atoms with van der Waals surface area (Å²) in [7, 11) is 0. The van der Waals surface area contributed by atoms with Crippen LogP contribution in [0.5, 0.6) is 0 Å². The highest BCUT2D eigenvalue weighted by atomic mass is 79.9. The number of furan rings is 1. The summed E-state index contributed by atoms with van der Waals surface area (Å²) in [6.07, 6.45) is 2.99. The van der Waals surface area contributed by atoms with Crippen LogP contribution in [0.3, 0.4) is 0 Å². The summed E-state index contributed by atoms with van der Waals surface area (Å²) in [4.78, 5) is 9.01. The van der Waals surface area contributed by atoms with E-state index in [2.05, 4.69) is 57.1 Å². The van der Waals surface area contributed by atoms with E-state index in [1.807, 2.05) is 35.2 Å². The van der Waals surface area contributed by atoms with Gasteiger partial charge in [0.25, 0.3) is 0 Å². The molecule has 0 bridgehead atoms. The lowest BCUT2D eigenvalue weighted by molar-refractivity contribution is 0.357. The van der Waals surface area contributed by atoms with E-state index < -0.39 is 0 Å². The number of aromatic nitrogens is 1. The van der Waals surface area contributed by atoms with Gasteiger partial charge >= 0.3 is 0 Å². The Morgan fingerprint density at radius 3 is 2.55 bits per heavy atom. The topological polar surface area (TPSA) is 44.5 Å². The second-order valence-electron chi connectivity index (χ2n) is 10.8. The molecule has 6 rings (SSSR count). The first-order valence-electron chi connectivity index (χ1n) is 13.4. The quantitative estimate of drug-likeness (QED) is 0.221. The Kier molecular flexibility index (Phi) is 7.59. The molecule has 0 radical (unpaired) electrons. The third-order valence-corrected chi connectivity index (χ3v) is 8.74. The van der Waals surface area contributed by atoms with Gasteiger partial charge in [0.1, 0.15) is 23.4 Å². The Morgan fingerprint density at radius 1 is 1.05 bits per heavy atom. The Morgan fingerprint density at radius 2 is 1.85 bits per heavy atom. The summed E-state index contributed by atoms with van der Waals surface area (Å²) < 4.78 is 21.8. The zero-order chi connectivity index (χ0) is 28.0. The molecule has 2 aliphatic rings. The van der Waals surface area contributed by atoms with E-state index in [0.29, 0.717) is 43.5 Å². The SMILES string of the molecule is C[C@@H]1C[C@H](C)CN(c2ccc(N3C(=S)N[C@H](c4ccccn4)[C@@H]3c3ccc(-c4ccc(Br)cc4F)o3)cc2Cl)C1. The predicted octanol–water partition coefficient (Wildman–Crippen LogP) is 8.56. The van der Waals surface area contributed by atoms with Crippen molar-refractivity contribution >= 4 is 56.2 Å². The summed E-state index contributed by atoms with van der Waals surface area (Å²) in [5.74, 6) is 1.94. The van der Waals surface area contributed by atoms with E-state index in [-0.39, 0.29) is 17.9 Å². The molecule has 2 fully saturated rings. The lowest BCUT2D eigenvalue weighted by Gasteiger charge is -2.37. The first-order valence-corrected chi connectivity index (χ1v) is 15.0. The number of nitrogens with one attached hydrogen (secondary N) is 1. The fourth-order valence-corrected chi connectivity index (χ4v) is 7.00. The lowest BCUT2D eigenvalue weighted by Crippen LogP contribution is -2.38. The average molecular weight is 640 g/mol. The average Bonchev–Trinajstić information content (AvgIpc) is 3.53. The van der Waals surface area contributed by atoms with Crippen molar-refractivity contribution in [2.75, 3.05) is 22.9 Å². The Hall–Kier alpha value is -2.94. The van der Waals surface area contributed by atoms with Crippen molar-refractivity contribution in [1.82, 2.24) is 10.3 Å². The van der Waals surface area contributed by atoms with Gasteiger partial charge < -0.3 is 19.5 Å². The second-order valence-corrected chi connectivity index (χ2v) is 12.5. The maximum atomic E-state index is 14.8. The summed E-state index contributed by atoms with van der Waals surface area (Å²) in [6.45, 7) is 6.55. The molecule has 4 aromatic rings. The fourth-order valence-electron chi connectivity index (χ4n) is 6.03. The van der Waals surface area contributed by atoms with Crippen molar-refractivity contribution < 1.29 is 8.81 Å². The number of halogens is 3. The van der Waals surface area contributed by atoms with Crippen LogP contribution < -0.4 is 15.1 Å². The van der Waals surface area contributed by atoms with Crippen molar-refractivity contribution in [2.24, 2.45) is 11.8 Å². The summed E-state index contributed by atoms with van der Waals surface area (Å²) >= 11 is 16.1. The minimum Gasteiger partial charge on any atom is -0.459 e. The van der Waals surface area contributed by atoms with E-state index in [1.54, 1.807) is 24.4 Å². The number of pyridine rings is 1. The monoisotopic (exact) mass is 638 g/mol. The number of hydrogen-bond donors (Lipinski definition) is 1. The number of nitrogens with zero attached hydrogens (tertiary/aromatic N) is 3. The number of anilines is 2. The van der Waals surface area contributed by atoms with E-state index in [0.717, 1.165) is 30.2 Å². The molecule has 2 saturated heterocycles. The Labute approximate surface area is 252 Å². The van der Waals surface area contributed by atoms with Crippen LogP contribution in [0.1, 0.15) is 43.8 Å². The molecule has 1 N–H and O–H groups in total. The summed E-state index contributed by atoms with van der Waals surface area (Å²) in [5.41, 5.74) is 3.09. The smallest absolute Gasteiger partial charge is 0.174 e. The van der Waals surface area contributed by atoms with E-state index in [1.165, 1.54) is 12.5 Å². The molecule has 4 heterocycles. The third-order valence-electron chi connectivity index (χ3n) is 7.63. The van der Waals surface area contributed by atoms with Gasteiger partial charge in [0.05, 0.1) is 28.0 Å². The van der Waals surface area contributed by atoms with Crippen molar-refractivity contribution in [3.05, 3.63) is 99.7 Å². The molecule has 0 amide bonds.